The highest BCUT2D eigenvalue weighted by Gasteiger charge is 2.10. The monoisotopic (exact) mass is 243 g/mol. The van der Waals surface area contributed by atoms with Crippen LogP contribution < -0.4 is 5.32 Å². The molecule has 2 nitrogen and oxygen atoms in total. The molecule has 1 aromatic rings. The molecule has 3 heteroatoms. The van der Waals surface area contributed by atoms with E-state index in [-0.39, 0.29) is 12.6 Å². The van der Waals surface area contributed by atoms with Crippen LogP contribution >= 0.6 is 15.9 Å². The minimum absolute atomic E-state index is 0.00859. The molecule has 0 heterocycles. The van der Waals surface area contributed by atoms with Crippen molar-refractivity contribution in [2.75, 3.05) is 13.7 Å². The lowest BCUT2D eigenvalue weighted by Gasteiger charge is -2.15. The van der Waals surface area contributed by atoms with E-state index in [4.69, 9.17) is 5.11 Å². The number of likely N-dealkylation sites (N-methyl/N-ethyl adjacent to an activating group) is 1. The first-order valence-corrected chi connectivity index (χ1v) is 5.02. The number of benzene rings is 1. The Balaban J connectivity index is 3.03. The van der Waals surface area contributed by atoms with E-state index in [9.17, 15) is 0 Å². The average Bonchev–Trinajstić information content (AvgIpc) is 2.13. The summed E-state index contributed by atoms with van der Waals surface area (Å²) in [5.41, 5.74) is 2.30. The van der Waals surface area contributed by atoms with Crippen molar-refractivity contribution in [3.05, 3.63) is 33.8 Å². The number of aryl methyl sites for hydroxylation is 1. The summed E-state index contributed by atoms with van der Waals surface area (Å²) in [5, 5.41) is 12.2. The normalized spacial score (nSPS) is 12.9. The van der Waals surface area contributed by atoms with Crippen LogP contribution in [-0.2, 0) is 0 Å². The van der Waals surface area contributed by atoms with E-state index in [1.165, 1.54) is 5.56 Å². The molecule has 0 aliphatic heterocycles. The van der Waals surface area contributed by atoms with Crippen molar-refractivity contribution in [1.82, 2.24) is 5.32 Å². The first-order valence-electron chi connectivity index (χ1n) is 4.23. The van der Waals surface area contributed by atoms with Crippen LogP contribution in [0.3, 0.4) is 0 Å². The molecule has 0 saturated heterocycles. The summed E-state index contributed by atoms with van der Waals surface area (Å²) >= 11 is 3.46. The lowest BCUT2D eigenvalue weighted by molar-refractivity contribution is 0.250. The van der Waals surface area contributed by atoms with Gasteiger partial charge in [0.15, 0.2) is 0 Å². The molecule has 1 unspecified atom stereocenters. The molecule has 1 rings (SSSR count). The predicted octanol–water partition coefficient (Wildman–Crippen LogP) is 2.01. The zero-order valence-corrected chi connectivity index (χ0v) is 9.43. The van der Waals surface area contributed by atoms with Crippen molar-refractivity contribution < 1.29 is 5.11 Å². The Labute approximate surface area is 87.1 Å². The second kappa shape index (κ2) is 4.74. The molecule has 0 radical (unpaired) electrons. The topological polar surface area (TPSA) is 32.3 Å². The minimum atomic E-state index is 0.00859. The molecule has 0 bridgehead atoms. The molecule has 72 valence electrons. The molecule has 0 aliphatic carbocycles. The maximum Gasteiger partial charge on any atom is 0.0626 e. The Kier molecular flexibility index (Phi) is 3.90. The fourth-order valence-electron chi connectivity index (χ4n) is 1.28. The van der Waals surface area contributed by atoms with Crippen molar-refractivity contribution in [1.29, 1.82) is 0 Å². The lowest BCUT2D eigenvalue weighted by Crippen LogP contribution is -2.20. The summed E-state index contributed by atoms with van der Waals surface area (Å²) in [7, 11) is 1.84. The summed E-state index contributed by atoms with van der Waals surface area (Å²) < 4.78 is 1.03. The van der Waals surface area contributed by atoms with Gasteiger partial charge in [0.25, 0.3) is 0 Å². The van der Waals surface area contributed by atoms with Crippen LogP contribution in [0.25, 0.3) is 0 Å². The van der Waals surface area contributed by atoms with Gasteiger partial charge in [0.05, 0.1) is 12.6 Å². The van der Waals surface area contributed by atoms with Crippen LogP contribution in [0.15, 0.2) is 22.7 Å². The van der Waals surface area contributed by atoms with Gasteiger partial charge in [0.1, 0.15) is 0 Å². The van der Waals surface area contributed by atoms with Gasteiger partial charge in [-0.25, -0.2) is 0 Å². The van der Waals surface area contributed by atoms with Crippen LogP contribution in [0.5, 0.6) is 0 Å². The maximum atomic E-state index is 9.11. The number of aliphatic hydroxyl groups is 1. The first kappa shape index (κ1) is 10.7. The molecule has 0 saturated carbocycles. The number of halogens is 1. The number of hydrogen-bond donors (Lipinski definition) is 2. The number of aliphatic hydroxyl groups excluding tert-OH is 1. The van der Waals surface area contributed by atoms with Crippen molar-refractivity contribution in [2.24, 2.45) is 0 Å². The third-order valence-electron chi connectivity index (χ3n) is 2.06. The predicted molar refractivity (Wildman–Crippen MR) is 57.8 cm³/mol. The Morgan fingerprint density at radius 1 is 1.54 bits per heavy atom. The van der Waals surface area contributed by atoms with Crippen molar-refractivity contribution in [3.63, 3.8) is 0 Å². The Morgan fingerprint density at radius 2 is 2.23 bits per heavy atom. The zero-order chi connectivity index (χ0) is 9.84. The molecule has 1 aromatic carbocycles. The standard InChI is InChI=1S/C10H14BrNO/c1-7-3-4-9(11)8(5-7)10(6-13)12-2/h3-5,10,12-13H,6H2,1-2H3. The molecular weight excluding hydrogens is 230 g/mol. The van der Waals surface area contributed by atoms with E-state index in [1.54, 1.807) is 0 Å². The van der Waals surface area contributed by atoms with Gasteiger partial charge in [-0.05, 0) is 25.6 Å². The molecule has 0 aromatic heterocycles. The van der Waals surface area contributed by atoms with Crippen LogP contribution in [0.1, 0.15) is 17.2 Å². The van der Waals surface area contributed by atoms with Gasteiger partial charge in [-0.2, -0.15) is 0 Å². The molecule has 0 fully saturated rings. The minimum Gasteiger partial charge on any atom is -0.394 e. The maximum absolute atomic E-state index is 9.11. The van der Waals surface area contributed by atoms with E-state index in [2.05, 4.69) is 27.3 Å². The summed E-state index contributed by atoms with van der Waals surface area (Å²) in [6.45, 7) is 2.15. The quantitative estimate of drug-likeness (QED) is 0.852. The van der Waals surface area contributed by atoms with Gasteiger partial charge < -0.3 is 10.4 Å². The van der Waals surface area contributed by atoms with Crippen molar-refractivity contribution in [2.45, 2.75) is 13.0 Å². The zero-order valence-electron chi connectivity index (χ0n) is 7.84. The molecule has 0 amide bonds. The summed E-state index contributed by atoms with van der Waals surface area (Å²) in [5.74, 6) is 0. The number of hydrogen-bond acceptors (Lipinski definition) is 2. The highest BCUT2D eigenvalue weighted by atomic mass is 79.9. The Hall–Kier alpha value is -0.380. The van der Waals surface area contributed by atoms with Gasteiger partial charge in [-0.1, -0.05) is 33.6 Å². The van der Waals surface area contributed by atoms with E-state index >= 15 is 0 Å². The first-order chi connectivity index (χ1) is 6.19. The molecular formula is C10H14BrNO. The largest absolute Gasteiger partial charge is 0.394 e. The van der Waals surface area contributed by atoms with Gasteiger partial charge >= 0.3 is 0 Å². The molecule has 13 heavy (non-hydrogen) atoms. The second-order valence-corrected chi connectivity index (χ2v) is 3.90. The van der Waals surface area contributed by atoms with Crippen LogP contribution in [0, 0.1) is 6.92 Å². The molecule has 0 aliphatic rings. The molecule has 0 spiro atoms. The summed E-state index contributed by atoms with van der Waals surface area (Å²) in [6, 6.07) is 6.12. The molecule has 2 N–H and O–H groups in total. The number of nitrogens with one attached hydrogen (secondary N) is 1. The van der Waals surface area contributed by atoms with E-state index < -0.39 is 0 Å². The fraction of sp³-hybridized carbons (Fsp3) is 0.400. The molecule has 1 atom stereocenters. The van der Waals surface area contributed by atoms with Crippen LogP contribution in [0.2, 0.25) is 0 Å². The van der Waals surface area contributed by atoms with Crippen molar-refractivity contribution in [3.8, 4) is 0 Å². The fourth-order valence-corrected chi connectivity index (χ4v) is 1.80. The highest BCUT2D eigenvalue weighted by molar-refractivity contribution is 9.10. The second-order valence-electron chi connectivity index (χ2n) is 3.05. The van der Waals surface area contributed by atoms with E-state index in [1.807, 2.05) is 26.1 Å². The Bertz CT molecular complexity index is 284. The average molecular weight is 244 g/mol. The van der Waals surface area contributed by atoms with E-state index in [0.717, 1.165) is 10.0 Å². The van der Waals surface area contributed by atoms with Crippen LogP contribution in [-0.4, -0.2) is 18.8 Å². The Morgan fingerprint density at radius 3 is 2.77 bits per heavy atom. The number of rotatable bonds is 3. The van der Waals surface area contributed by atoms with Gasteiger partial charge in [0.2, 0.25) is 0 Å². The van der Waals surface area contributed by atoms with Crippen LogP contribution in [0.4, 0.5) is 0 Å². The van der Waals surface area contributed by atoms with Gasteiger partial charge in [-0.3, -0.25) is 0 Å². The highest BCUT2D eigenvalue weighted by Crippen LogP contribution is 2.23. The van der Waals surface area contributed by atoms with Gasteiger partial charge in [0, 0.05) is 4.47 Å². The summed E-state index contributed by atoms with van der Waals surface area (Å²) in [6.07, 6.45) is 0. The smallest absolute Gasteiger partial charge is 0.0626 e. The summed E-state index contributed by atoms with van der Waals surface area (Å²) in [4.78, 5) is 0. The third-order valence-corrected chi connectivity index (χ3v) is 2.78. The lowest BCUT2D eigenvalue weighted by atomic mass is 10.1. The third kappa shape index (κ3) is 2.53. The van der Waals surface area contributed by atoms with Crippen molar-refractivity contribution >= 4 is 15.9 Å². The SMILES string of the molecule is CNC(CO)c1cc(C)ccc1Br. The van der Waals surface area contributed by atoms with E-state index in [0.29, 0.717) is 0 Å². The van der Waals surface area contributed by atoms with Gasteiger partial charge in [-0.15, -0.1) is 0 Å².